The largest absolute Gasteiger partial charge is 0.292 e. The Balaban J connectivity index is 2.39. The van der Waals surface area contributed by atoms with E-state index >= 15 is 0 Å². The Hall–Kier alpha value is -2.48. The Labute approximate surface area is 105 Å². The summed E-state index contributed by atoms with van der Waals surface area (Å²) in [5.41, 5.74) is 1.72. The van der Waals surface area contributed by atoms with Crippen molar-refractivity contribution >= 4 is 5.78 Å². The van der Waals surface area contributed by atoms with E-state index < -0.39 is 5.92 Å². The summed E-state index contributed by atoms with van der Waals surface area (Å²) in [6.45, 7) is 1.75. The molecular weight excluding hydrogens is 228 g/mol. The molecule has 2 heterocycles. The first kappa shape index (κ1) is 12.0. The molecule has 0 saturated heterocycles. The van der Waals surface area contributed by atoms with E-state index in [-0.39, 0.29) is 5.78 Å². The second-order valence-electron chi connectivity index (χ2n) is 4.01. The average Bonchev–Trinajstić information content (AvgIpc) is 2.70. The van der Waals surface area contributed by atoms with Crippen LogP contribution in [0.25, 0.3) is 0 Å². The smallest absolute Gasteiger partial charge is 0.187 e. The molecule has 5 nitrogen and oxygen atoms in total. The van der Waals surface area contributed by atoms with Crippen LogP contribution in [0.2, 0.25) is 0 Å². The van der Waals surface area contributed by atoms with Crippen molar-refractivity contribution in [1.82, 2.24) is 14.8 Å². The second kappa shape index (κ2) is 4.80. The molecule has 0 aliphatic carbocycles. The minimum atomic E-state index is -0.832. The van der Waals surface area contributed by atoms with Crippen LogP contribution in [0.4, 0.5) is 0 Å². The number of hydrogen-bond donors (Lipinski definition) is 0. The van der Waals surface area contributed by atoms with Gasteiger partial charge in [-0.15, -0.1) is 0 Å². The summed E-state index contributed by atoms with van der Waals surface area (Å²) >= 11 is 0. The number of nitrogens with zero attached hydrogens (tertiary/aromatic N) is 4. The molecule has 0 bridgehead atoms. The first-order chi connectivity index (χ1) is 8.63. The van der Waals surface area contributed by atoms with Crippen molar-refractivity contribution in [3.05, 3.63) is 47.5 Å². The molecule has 0 aromatic carbocycles. The number of Topliss-reactive ketones (excluding diaryl/α,β-unsaturated/α-hetero) is 1. The van der Waals surface area contributed by atoms with Gasteiger partial charge in [0, 0.05) is 25.6 Å². The van der Waals surface area contributed by atoms with E-state index in [4.69, 9.17) is 0 Å². The van der Waals surface area contributed by atoms with Gasteiger partial charge in [0.05, 0.1) is 17.3 Å². The molecule has 0 fully saturated rings. The highest BCUT2D eigenvalue weighted by Crippen LogP contribution is 2.20. The van der Waals surface area contributed by atoms with Gasteiger partial charge in [0.1, 0.15) is 5.92 Å². The number of aryl methyl sites for hydroxylation is 2. The molecule has 2 rings (SSSR count). The first-order valence-corrected chi connectivity index (χ1v) is 5.47. The van der Waals surface area contributed by atoms with E-state index in [1.165, 1.54) is 6.20 Å². The van der Waals surface area contributed by atoms with E-state index in [1.807, 2.05) is 6.07 Å². The summed E-state index contributed by atoms with van der Waals surface area (Å²) < 4.78 is 1.57. The third-order valence-corrected chi connectivity index (χ3v) is 2.69. The SMILES string of the molecule is Cc1nn(C)cc1C(=O)C(C#N)c1cccnc1. The molecule has 90 valence electrons. The van der Waals surface area contributed by atoms with Gasteiger partial charge in [-0.2, -0.15) is 10.4 Å². The van der Waals surface area contributed by atoms with Gasteiger partial charge in [0.15, 0.2) is 5.78 Å². The second-order valence-corrected chi connectivity index (χ2v) is 4.01. The highest BCUT2D eigenvalue weighted by atomic mass is 16.1. The predicted octanol–water partition coefficient (Wildman–Crippen LogP) is 1.61. The molecule has 1 unspecified atom stereocenters. The van der Waals surface area contributed by atoms with Crippen LogP contribution in [-0.2, 0) is 7.05 Å². The quantitative estimate of drug-likeness (QED) is 0.764. The van der Waals surface area contributed by atoms with E-state index in [0.29, 0.717) is 16.8 Å². The Morgan fingerprint density at radius 1 is 1.56 bits per heavy atom. The molecule has 0 aliphatic heterocycles. The van der Waals surface area contributed by atoms with Crippen LogP contribution in [0.15, 0.2) is 30.7 Å². The van der Waals surface area contributed by atoms with Gasteiger partial charge in [-0.1, -0.05) is 6.07 Å². The third kappa shape index (κ3) is 2.13. The molecule has 0 N–H and O–H groups in total. The Bertz CT molecular complexity index is 610. The minimum absolute atomic E-state index is 0.240. The molecule has 2 aromatic rings. The van der Waals surface area contributed by atoms with Gasteiger partial charge in [0.25, 0.3) is 0 Å². The highest BCUT2D eigenvalue weighted by Gasteiger charge is 2.24. The zero-order valence-corrected chi connectivity index (χ0v) is 10.2. The number of ketones is 1. The standard InChI is InChI=1S/C13H12N4O/c1-9-12(8-17(2)16-9)13(18)11(6-14)10-4-3-5-15-7-10/h3-5,7-8,11H,1-2H3. The van der Waals surface area contributed by atoms with Crippen molar-refractivity contribution in [2.75, 3.05) is 0 Å². The zero-order valence-electron chi connectivity index (χ0n) is 10.2. The van der Waals surface area contributed by atoms with E-state index in [9.17, 15) is 10.1 Å². The summed E-state index contributed by atoms with van der Waals surface area (Å²) in [5, 5.41) is 13.3. The van der Waals surface area contributed by atoms with E-state index in [2.05, 4.69) is 10.1 Å². The summed E-state index contributed by atoms with van der Waals surface area (Å²) in [4.78, 5) is 16.2. The lowest BCUT2D eigenvalue weighted by Gasteiger charge is -2.06. The van der Waals surface area contributed by atoms with Crippen LogP contribution in [0.3, 0.4) is 0 Å². The lowest BCUT2D eigenvalue weighted by atomic mass is 9.93. The number of hydrogen-bond acceptors (Lipinski definition) is 4. The number of nitriles is 1. The van der Waals surface area contributed by atoms with Gasteiger partial charge < -0.3 is 0 Å². The maximum atomic E-state index is 12.3. The van der Waals surface area contributed by atoms with Crippen LogP contribution >= 0.6 is 0 Å². The summed E-state index contributed by atoms with van der Waals surface area (Å²) in [7, 11) is 1.75. The molecule has 5 heteroatoms. The fourth-order valence-electron chi connectivity index (χ4n) is 1.83. The molecule has 18 heavy (non-hydrogen) atoms. The van der Waals surface area contributed by atoms with Crippen LogP contribution in [0.1, 0.15) is 27.5 Å². The molecule has 0 saturated carbocycles. The molecule has 1 atom stereocenters. The van der Waals surface area contributed by atoms with E-state index in [1.54, 1.807) is 43.2 Å². The lowest BCUT2D eigenvalue weighted by Crippen LogP contribution is -2.12. The van der Waals surface area contributed by atoms with Gasteiger partial charge in [0.2, 0.25) is 0 Å². The van der Waals surface area contributed by atoms with Crippen LogP contribution in [0.5, 0.6) is 0 Å². The van der Waals surface area contributed by atoms with Crippen LogP contribution in [-0.4, -0.2) is 20.5 Å². The topological polar surface area (TPSA) is 71.6 Å². The van der Waals surface area contributed by atoms with Crippen LogP contribution in [0, 0.1) is 18.3 Å². The molecule has 0 amide bonds. The molecule has 0 spiro atoms. The number of carbonyl (C=O) groups is 1. The van der Waals surface area contributed by atoms with Gasteiger partial charge in [-0.3, -0.25) is 14.5 Å². The third-order valence-electron chi connectivity index (χ3n) is 2.69. The van der Waals surface area contributed by atoms with Gasteiger partial charge >= 0.3 is 0 Å². The van der Waals surface area contributed by atoms with Crippen molar-refractivity contribution in [2.45, 2.75) is 12.8 Å². The van der Waals surface area contributed by atoms with Crippen molar-refractivity contribution in [3.8, 4) is 6.07 Å². The normalized spacial score (nSPS) is 11.8. The summed E-state index contributed by atoms with van der Waals surface area (Å²) in [5.74, 6) is -1.07. The first-order valence-electron chi connectivity index (χ1n) is 5.47. The summed E-state index contributed by atoms with van der Waals surface area (Å²) in [6, 6.07) is 5.46. The molecule has 0 radical (unpaired) electrons. The fourth-order valence-corrected chi connectivity index (χ4v) is 1.83. The zero-order chi connectivity index (χ0) is 13.1. The monoisotopic (exact) mass is 240 g/mol. The molecule has 2 aromatic heterocycles. The van der Waals surface area contributed by atoms with Crippen molar-refractivity contribution in [1.29, 1.82) is 5.26 Å². The maximum Gasteiger partial charge on any atom is 0.187 e. The Morgan fingerprint density at radius 2 is 2.33 bits per heavy atom. The Morgan fingerprint density at radius 3 is 2.83 bits per heavy atom. The van der Waals surface area contributed by atoms with Crippen molar-refractivity contribution in [2.24, 2.45) is 7.05 Å². The summed E-state index contributed by atoms with van der Waals surface area (Å²) in [6.07, 6.45) is 4.79. The number of rotatable bonds is 3. The minimum Gasteiger partial charge on any atom is -0.292 e. The predicted molar refractivity (Wildman–Crippen MR) is 64.9 cm³/mol. The average molecular weight is 240 g/mol. The van der Waals surface area contributed by atoms with Gasteiger partial charge in [-0.05, 0) is 18.6 Å². The lowest BCUT2D eigenvalue weighted by molar-refractivity contribution is 0.0978. The van der Waals surface area contributed by atoms with Crippen molar-refractivity contribution in [3.63, 3.8) is 0 Å². The van der Waals surface area contributed by atoms with Crippen LogP contribution < -0.4 is 0 Å². The highest BCUT2D eigenvalue weighted by molar-refractivity contribution is 6.03. The number of aromatic nitrogens is 3. The van der Waals surface area contributed by atoms with Gasteiger partial charge in [-0.25, -0.2) is 0 Å². The maximum absolute atomic E-state index is 12.3. The number of pyridine rings is 1. The Kier molecular flexibility index (Phi) is 3.20. The van der Waals surface area contributed by atoms with E-state index in [0.717, 1.165) is 0 Å². The molecular formula is C13H12N4O. The molecule has 0 aliphatic rings. The fraction of sp³-hybridized carbons (Fsp3) is 0.231. The number of carbonyl (C=O) groups excluding carboxylic acids is 1. The van der Waals surface area contributed by atoms with Crippen molar-refractivity contribution < 1.29 is 4.79 Å².